The average molecular weight is 243 g/mol. The van der Waals surface area contributed by atoms with Gasteiger partial charge in [0.25, 0.3) is 0 Å². The highest BCUT2D eigenvalue weighted by Gasteiger charge is 2.20. The molecule has 4 heteroatoms. The third kappa shape index (κ3) is 8.16. The van der Waals surface area contributed by atoms with E-state index in [4.69, 9.17) is 5.73 Å². The van der Waals surface area contributed by atoms with Crippen molar-refractivity contribution in [1.82, 2.24) is 10.2 Å². The van der Waals surface area contributed by atoms with E-state index >= 15 is 0 Å². The van der Waals surface area contributed by atoms with Crippen molar-refractivity contribution in [2.75, 3.05) is 27.2 Å². The van der Waals surface area contributed by atoms with Gasteiger partial charge in [-0.25, -0.2) is 0 Å². The minimum absolute atomic E-state index is 0.00914. The Morgan fingerprint density at radius 2 is 1.76 bits per heavy atom. The average Bonchev–Trinajstić information content (AvgIpc) is 2.26. The van der Waals surface area contributed by atoms with Crippen LogP contribution in [0.4, 0.5) is 0 Å². The molecule has 0 saturated heterocycles. The zero-order valence-electron chi connectivity index (χ0n) is 11.9. The van der Waals surface area contributed by atoms with E-state index in [2.05, 4.69) is 24.1 Å². The highest BCUT2D eigenvalue weighted by atomic mass is 16.1. The van der Waals surface area contributed by atoms with Crippen LogP contribution in [0.5, 0.6) is 0 Å². The van der Waals surface area contributed by atoms with Gasteiger partial charge < -0.3 is 16.0 Å². The summed E-state index contributed by atoms with van der Waals surface area (Å²) in [5.41, 5.74) is 5.42. The van der Waals surface area contributed by atoms with Gasteiger partial charge >= 0.3 is 0 Å². The maximum absolute atomic E-state index is 11.6. The minimum Gasteiger partial charge on any atom is -0.354 e. The standard InChI is InChI=1S/C13H29N3O/c1-13(2,16(3)4)11-15-12(17)9-7-5-6-8-10-14/h5-11,14H2,1-4H3,(H,15,17). The molecule has 0 fully saturated rings. The Balaban J connectivity index is 3.60. The molecule has 0 aliphatic heterocycles. The van der Waals surface area contributed by atoms with E-state index in [9.17, 15) is 4.79 Å². The van der Waals surface area contributed by atoms with E-state index in [-0.39, 0.29) is 11.4 Å². The fourth-order valence-corrected chi connectivity index (χ4v) is 1.34. The predicted octanol–water partition coefficient (Wildman–Crippen LogP) is 1.35. The summed E-state index contributed by atoms with van der Waals surface area (Å²) >= 11 is 0. The molecule has 0 rings (SSSR count). The summed E-state index contributed by atoms with van der Waals surface area (Å²) in [5, 5.41) is 2.99. The summed E-state index contributed by atoms with van der Waals surface area (Å²) < 4.78 is 0. The second-order valence-corrected chi connectivity index (χ2v) is 5.44. The molecule has 17 heavy (non-hydrogen) atoms. The van der Waals surface area contributed by atoms with Crippen molar-refractivity contribution in [3.05, 3.63) is 0 Å². The first-order valence-electron chi connectivity index (χ1n) is 6.54. The number of amides is 1. The van der Waals surface area contributed by atoms with Gasteiger partial charge in [0.05, 0.1) is 0 Å². The molecule has 0 heterocycles. The van der Waals surface area contributed by atoms with Gasteiger partial charge in [0.2, 0.25) is 5.91 Å². The number of carbonyl (C=O) groups is 1. The molecule has 3 N–H and O–H groups in total. The maximum atomic E-state index is 11.6. The lowest BCUT2D eigenvalue weighted by Gasteiger charge is -2.32. The summed E-state index contributed by atoms with van der Waals surface area (Å²) in [4.78, 5) is 13.7. The van der Waals surface area contributed by atoms with Gasteiger partial charge in [-0.15, -0.1) is 0 Å². The topological polar surface area (TPSA) is 58.4 Å². The van der Waals surface area contributed by atoms with Crippen molar-refractivity contribution in [2.24, 2.45) is 5.73 Å². The molecule has 0 aliphatic rings. The smallest absolute Gasteiger partial charge is 0.220 e. The minimum atomic E-state index is 0.00914. The highest BCUT2D eigenvalue weighted by molar-refractivity contribution is 5.75. The SMILES string of the molecule is CN(C)C(C)(C)CNC(=O)CCCCCCN. The monoisotopic (exact) mass is 243 g/mol. The second kappa shape index (κ2) is 8.48. The quantitative estimate of drug-likeness (QED) is 0.601. The van der Waals surface area contributed by atoms with Crippen molar-refractivity contribution in [2.45, 2.75) is 51.5 Å². The number of nitrogens with two attached hydrogens (primary N) is 1. The lowest BCUT2D eigenvalue weighted by molar-refractivity contribution is -0.121. The molecular weight excluding hydrogens is 214 g/mol. The van der Waals surface area contributed by atoms with Crippen LogP contribution in [0, 0.1) is 0 Å². The van der Waals surface area contributed by atoms with E-state index in [1.54, 1.807) is 0 Å². The van der Waals surface area contributed by atoms with Crippen LogP contribution >= 0.6 is 0 Å². The van der Waals surface area contributed by atoms with Crippen molar-refractivity contribution >= 4 is 5.91 Å². The number of nitrogens with zero attached hydrogens (tertiary/aromatic N) is 1. The molecule has 0 spiro atoms. The van der Waals surface area contributed by atoms with Crippen LogP contribution < -0.4 is 11.1 Å². The number of carbonyl (C=O) groups excluding carboxylic acids is 1. The fraction of sp³-hybridized carbons (Fsp3) is 0.923. The highest BCUT2D eigenvalue weighted by Crippen LogP contribution is 2.08. The van der Waals surface area contributed by atoms with Gasteiger partial charge in [0.1, 0.15) is 0 Å². The van der Waals surface area contributed by atoms with Crippen LogP contribution in [0.15, 0.2) is 0 Å². The Bertz CT molecular complexity index is 215. The summed E-state index contributed by atoms with van der Waals surface area (Å²) in [5.74, 6) is 0.160. The number of unbranched alkanes of at least 4 members (excludes halogenated alkanes) is 3. The predicted molar refractivity (Wildman–Crippen MR) is 72.9 cm³/mol. The molecule has 0 aliphatic carbocycles. The molecule has 0 aromatic carbocycles. The normalized spacial score (nSPS) is 11.9. The lowest BCUT2D eigenvalue weighted by Crippen LogP contribution is -2.48. The van der Waals surface area contributed by atoms with E-state index in [1.165, 1.54) is 0 Å². The fourth-order valence-electron chi connectivity index (χ4n) is 1.34. The Labute approximate surface area is 106 Å². The zero-order chi connectivity index (χ0) is 13.3. The summed E-state index contributed by atoms with van der Waals surface area (Å²) in [6.45, 7) is 5.69. The van der Waals surface area contributed by atoms with E-state index < -0.39 is 0 Å². The number of rotatable bonds is 9. The van der Waals surface area contributed by atoms with E-state index in [1.807, 2.05) is 14.1 Å². The maximum Gasteiger partial charge on any atom is 0.220 e. The second-order valence-electron chi connectivity index (χ2n) is 5.44. The summed E-state index contributed by atoms with van der Waals surface area (Å²) in [6, 6.07) is 0. The molecule has 0 aromatic rings. The van der Waals surface area contributed by atoms with Crippen molar-refractivity contribution in [3.8, 4) is 0 Å². The van der Waals surface area contributed by atoms with Crippen LogP contribution in [-0.4, -0.2) is 43.5 Å². The van der Waals surface area contributed by atoms with Crippen molar-refractivity contribution < 1.29 is 4.79 Å². The lowest BCUT2D eigenvalue weighted by atomic mass is 10.0. The first-order valence-corrected chi connectivity index (χ1v) is 6.54. The Morgan fingerprint density at radius 3 is 2.29 bits per heavy atom. The Kier molecular flexibility index (Phi) is 8.17. The molecule has 0 atom stereocenters. The van der Waals surface area contributed by atoms with E-state index in [0.717, 1.165) is 32.2 Å². The first-order chi connectivity index (χ1) is 7.90. The van der Waals surface area contributed by atoms with Gasteiger partial charge in [-0.05, 0) is 47.3 Å². The molecule has 4 nitrogen and oxygen atoms in total. The van der Waals surface area contributed by atoms with Crippen LogP contribution in [0.1, 0.15) is 46.0 Å². The van der Waals surface area contributed by atoms with Gasteiger partial charge in [0, 0.05) is 18.5 Å². The summed E-state index contributed by atoms with van der Waals surface area (Å²) in [7, 11) is 4.05. The molecule has 0 unspecified atom stereocenters. The molecule has 0 bridgehead atoms. The molecule has 1 amide bonds. The van der Waals surface area contributed by atoms with Gasteiger partial charge in [0.15, 0.2) is 0 Å². The van der Waals surface area contributed by atoms with Gasteiger partial charge in [-0.1, -0.05) is 12.8 Å². The third-order valence-electron chi connectivity index (χ3n) is 3.29. The van der Waals surface area contributed by atoms with Gasteiger partial charge in [-0.2, -0.15) is 0 Å². The van der Waals surface area contributed by atoms with Crippen LogP contribution in [-0.2, 0) is 4.79 Å². The van der Waals surface area contributed by atoms with Gasteiger partial charge in [-0.3, -0.25) is 4.79 Å². The molecular formula is C13H29N3O. The third-order valence-corrected chi connectivity index (χ3v) is 3.29. The van der Waals surface area contributed by atoms with Crippen molar-refractivity contribution in [3.63, 3.8) is 0 Å². The van der Waals surface area contributed by atoms with Crippen LogP contribution in [0.3, 0.4) is 0 Å². The van der Waals surface area contributed by atoms with Crippen molar-refractivity contribution in [1.29, 1.82) is 0 Å². The zero-order valence-corrected chi connectivity index (χ0v) is 11.9. The summed E-state index contributed by atoms with van der Waals surface area (Å²) in [6.07, 6.45) is 4.90. The first kappa shape index (κ1) is 16.4. The molecule has 0 aromatic heterocycles. The molecule has 0 saturated carbocycles. The molecule has 0 radical (unpaired) electrons. The number of hydrogen-bond acceptors (Lipinski definition) is 3. The number of nitrogens with one attached hydrogen (secondary N) is 1. The Hall–Kier alpha value is -0.610. The Morgan fingerprint density at radius 1 is 1.18 bits per heavy atom. The number of hydrogen-bond donors (Lipinski definition) is 2. The molecule has 102 valence electrons. The van der Waals surface area contributed by atoms with E-state index in [0.29, 0.717) is 13.0 Å². The largest absolute Gasteiger partial charge is 0.354 e. The van der Waals surface area contributed by atoms with Crippen LogP contribution in [0.2, 0.25) is 0 Å². The number of likely N-dealkylation sites (N-methyl/N-ethyl adjacent to an activating group) is 1. The van der Waals surface area contributed by atoms with Crippen LogP contribution in [0.25, 0.3) is 0 Å².